The van der Waals surface area contributed by atoms with Crippen molar-refractivity contribution >= 4 is 16.7 Å². The van der Waals surface area contributed by atoms with Gasteiger partial charge in [-0.1, -0.05) is 84.9 Å². The first kappa shape index (κ1) is 17.0. The van der Waals surface area contributed by atoms with Gasteiger partial charge >= 0.3 is 0 Å². The van der Waals surface area contributed by atoms with Gasteiger partial charge in [-0.25, -0.2) is 0 Å². The zero-order chi connectivity index (χ0) is 18.6. The topological polar surface area (TPSA) is 22.0 Å². The van der Waals surface area contributed by atoms with E-state index in [0.717, 1.165) is 27.6 Å². The third-order valence-corrected chi connectivity index (χ3v) is 4.91. The Morgan fingerprint density at radius 2 is 1.52 bits per heavy atom. The second-order valence-corrected chi connectivity index (χ2v) is 6.62. The first-order valence-electron chi connectivity index (χ1n) is 9.12. The molecule has 1 atom stereocenters. The zero-order valence-corrected chi connectivity index (χ0v) is 15.1. The Balaban J connectivity index is 1.93. The molecule has 4 aromatic rings. The summed E-state index contributed by atoms with van der Waals surface area (Å²) in [6.45, 7) is 4.58. The number of Topliss-reactive ketones (excluding diaryl/α,β-unsaturated/α-hetero) is 1. The predicted molar refractivity (Wildman–Crippen MR) is 111 cm³/mol. The predicted octanol–water partition coefficient (Wildman–Crippen LogP) is 5.84. The summed E-state index contributed by atoms with van der Waals surface area (Å²) >= 11 is 0. The van der Waals surface area contributed by atoms with E-state index in [0.29, 0.717) is 6.54 Å². The lowest BCUT2D eigenvalue weighted by atomic mass is 9.85. The maximum absolute atomic E-state index is 13.5. The molecule has 2 nitrogen and oxygen atoms in total. The van der Waals surface area contributed by atoms with E-state index in [-0.39, 0.29) is 11.7 Å². The Hall–Kier alpha value is -3.39. The van der Waals surface area contributed by atoms with E-state index >= 15 is 0 Å². The summed E-state index contributed by atoms with van der Waals surface area (Å²) in [6.07, 6.45) is 3.98. The summed E-state index contributed by atoms with van der Waals surface area (Å²) in [4.78, 5) is 13.5. The van der Waals surface area contributed by atoms with Crippen molar-refractivity contribution < 1.29 is 4.79 Å². The van der Waals surface area contributed by atoms with Crippen LogP contribution >= 0.6 is 0 Å². The van der Waals surface area contributed by atoms with Crippen LogP contribution in [0, 0.1) is 0 Å². The molecule has 0 aliphatic heterocycles. The summed E-state index contributed by atoms with van der Waals surface area (Å²) in [5, 5.41) is 1.11. The molecule has 0 aliphatic rings. The van der Waals surface area contributed by atoms with Gasteiger partial charge in [0, 0.05) is 29.2 Å². The maximum Gasteiger partial charge on any atom is 0.174 e. The van der Waals surface area contributed by atoms with Crippen LogP contribution in [0.2, 0.25) is 0 Å². The second kappa shape index (κ2) is 7.46. The molecule has 0 amide bonds. The van der Waals surface area contributed by atoms with Crippen molar-refractivity contribution in [1.82, 2.24) is 4.57 Å². The van der Waals surface area contributed by atoms with Gasteiger partial charge in [0.05, 0.1) is 5.92 Å². The van der Waals surface area contributed by atoms with Crippen molar-refractivity contribution in [1.29, 1.82) is 0 Å². The molecule has 1 heterocycles. The average Bonchev–Trinajstić information content (AvgIpc) is 3.08. The number of aromatic nitrogens is 1. The molecule has 0 spiro atoms. The van der Waals surface area contributed by atoms with E-state index in [1.807, 2.05) is 78.9 Å². The molecule has 27 heavy (non-hydrogen) atoms. The molecule has 0 unspecified atom stereocenters. The summed E-state index contributed by atoms with van der Waals surface area (Å²) in [5.74, 6) is -0.229. The number of carbonyl (C=O) groups is 1. The van der Waals surface area contributed by atoms with Crippen LogP contribution < -0.4 is 0 Å². The highest BCUT2D eigenvalue weighted by Gasteiger charge is 2.27. The first-order chi connectivity index (χ1) is 13.3. The van der Waals surface area contributed by atoms with Crippen molar-refractivity contribution in [2.45, 2.75) is 12.5 Å². The molecule has 0 fully saturated rings. The average molecular weight is 351 g/mol. The Morgan fingerprint density at radius 1 is 0.889 bits per heavy atom. The van der Waals surface area contributed by atoms with E-state index < -0.39 is 0 Å². The SMILES string of the molecule is C=CCn1cc([C@H](C(=O)c2ccccc2)c2ccccc2)c2ccccc21. The monoisotopic (exact) mass is 351 g/mol. The lowest BCUT2D eigenvalue weighted by Gasteiger charge is -2.16. The molecule has 0 saturated carbocycles. The number of rotatable bonds is 6. The zero-order valence-electron chi connectivity index (χ0n) is 15.1. The van der Waals surface area contributed by atoms with Crippen LogP contribution in [0.5, 0.6) is 0 Å². The van der Waals surface area contributed by atoms with Crippen LogP contribution in [-0.4, -0.2) is 10.4 Å². The van der Waals surface area contributed by atoms with Crippen molar-refractivity contribution in [3.05, 3.63) is 120 Å². The minimum absolute atomic E-state index is 0.114. The third kappa shape index (κ3) is 3.22. The highest BCUT2D eigenvalue weighted by Crippen LogP contribution is 2.35. The van der Waals surface area contributed by atoms with E-state index in [4.69, 9.17) is 0 Å². The minimum atomic E-state index is -0.343. The molecular weight excluding hydrogens is 330 g/mol. The Kier molecular flexibility index (Phi) is 4.71. The van der Waals surface area contributed by atoms with E-state index in [1.54, 1.807) is 0 Å². The number of hydrogen-bond donors (Lipinski definition) is 0. The summed E-state index contributed by atoms with van der Waals surface area (Å²) in [7, 11) is 0. The van der Waals surface area contributed by atoms with Crippen LogP contribution in [-0.2, 0) is 6.54 Å². The molecule has 0 bridgehead atoms. The summed E-state index contributed by atoms with van der Waals surface area (Å²) in [5.41, 5.74) is 3.89. The second-order valence-electron chi connectivity index (χ2n) is 6.62. The molecule has 0 aliphatic carbocycles. The number of nitrogens with zero attached hydrogens (tertiary/aromatic N) is 1. The number of hydrogen-bond acceptors (Lipinski definition) is 1. The largest absolute Gasteiger partial charge is 0.343 e. The van der Waals surface area contributed by atoms with Crippen LogP contribution in [0.4, 0.5) is 0 Å². The van der Waals surface area contributed by atoms with E-state index in [9.17, 15) is 4.79 Å². The standard InChI is InChI=1S/C25H21NO/c1-2-17-26-18-22(21-15-9-10-16-23(21)26)24(19-11-5-3-6-12-19)25(27)20-13-7-4-8-14-20/h2-16,18,24H,1,17H2/t24-/m1/s1. The Labute approximate surface area is 159 Å². The number of carbonyl (C=O) groups excluding carboxylic acids is 1. The normalized spacial score (nSPS) is 12.0. The highest BCUT2D eigenvalue weighted by atomic mass is 16.1. The third-order valence-electron chi connectivity index (χ3n) is 4.91. The van der Waals surface area contributed by atoms with Gasteiger partial charge in [0.2, 0.25) is 0 Å². The molecule has 0 N–H and O–H groups in total. The highest BCUT2D eigenvalue weighted by molar-refractivity contribution is 6.05. The van der Waals surface area contributed by atoms with Gasteiger partial charge in [-0.2, -0.15) is 0 Å². The van der Waals surface area contributed by atoms with Crippen LogP contribution in [0.15, 0.2) is 104 Å². The molecule has 1 aromatic heterocycles. The van der Waals surface area contributed by atoms with Crippen molar-refractivity contribution in [3.63, 3.8) is 0 Å². The Bertz CT molecular complexity index is 1080. The molecule has 3 aromatic carbocycles. The molecule has 132 valence electrons. The lowest BCUT2D eigenvalue weighted by molar-refractivity contribution is 0.0974. The number of para-hydroxylation sites is 1. The molecular formula is C25H21NO. The van der Waals surface area contributed by atoms with Crippen molar-refractivity contribution in [2.24, 2.45) is 0 Å². The van der Waals surface area contributed by atoms with Gasteiger partial charge in [0.25, 0.3) is 0 Å². The first-order valence-corrected chi connectivity index (χ1v) is 9.12. The lowest BCUT2D eigenvalue weighted by Crippen LogP contribution is -2.14. The van der Waals surface area contributed by atoms with Crippen LogP contribution in [0.25, 0.3) is 10.9 Å². The van der Waals surface area contributed by atoms with Gasteiger partial charge in [0.1, 0.15) is 0 Å². The molecule has 4 rings (SSSR count). The van der Waals surface area contributed by atoms with Crippen LogP contribution in [0.1, 0.15) is 27.4 Å². The van der Waals surface area contributed by atoms with Gasteiger partial charge in [-0.3, -0.25) is 4.79 Å². The maximum atomic E-state index is 13.5. The summed E-state index contributed by atoms with van der Waals surface area (Å²) < 4.78 is 2.16. The van der Waals surface area contributed by atoms with Crippen molar-refractivity contribution in [3.8, 4) is 0 Å². The van der Waals surface area contributed by atoms with Gasteiger partial charge < -0.3 is 4.57 Å². The van der Waals surface area contributed by atoms with Gasteiger partial charge in [-0.05, 0) is 17.2 Å². The fourth-order valence-electron chi connectivity index (χ4n) is 3.68. The fourth-order valence-corrected chi connectivity index (χ4v) is 3.68. The molecule has 0 saturated heterocycles. The van der Waals surface area contributed by atoms with Crippen LogP contribution in [0.3, 0.4) is 0 Å². The number of benzene rings is 3. The van der Waals surface area contributed by atoms with Crippen molar-refractivity contribution in [2.75, 3.05) is 0 Å². The van der Waals surface area contributed by atoms with Gasteiger partial charge in [0.15, 0.2) is 5.78 Å². The smallest absolute Gasteiger partial charge is 0.174 e. The number of fused-ring (bicyclic) bond motifs is 1. The number of allylic oxidation sites excluding steroid dienone is 1. The van der Waals surface area contributed by atoms with Gasteiger partial charge in [-0.15, -0.1) is 6.58 Å². The molecule has 0 radical (unpaired) electrons. The van der Waals surface area contributed by atoms with E-state index in [2.05, 4.69) is 29.5 Å². The fraction of sp³-hybridized carbons (Fsp3) is 0.0800. The quantitative estimate of drug-likeness (QED) is 0.316. The number of ketones is 1. The summed E-state index contributed by atoms with van der Waals surface area (Å²) in [6, 6.07) is 27.8. The molecule has 2 heteroatoms. The minimum Gasteiger partial charge on any atom is -0.343 e. The Morgan fingerprint density at radius 3 is 2.22 bits per heavy atom. The van der Waals surface area contributed by atoms with E-state index in [1.165, 1.54) is 0 Å².